The highest BCUT2D eigenvalue weighted by Crippen LogP contribution is 2.16. The van der Waals surface area contributed by atoms with Crippen LogP contribution in [0, 0.1) is 0 Å². The van der Waals surface area contributed by atoms with Gasteiger partial charge >= 0.3 is 0 Å². The number of hydrogen-bond acceptors (Lipinski definition) is 6. The number of hydrazine groups is 1. The van der Waals surface area contributed by atoms with E-state index in [1.807, 2.05) is 6.92 Å². The first-order valence-corrected chi connectivity index (χ1v) is 8.45. The van der Waals surface area contributed by atoms with Crippen molar-refractivity contribution in [3.63, 3.8) is 0 Å². The number of unbranched alkanes of at least 4 members (excludes halogenated alkanes) is 1. The number of anilines is 1. The van der Waals surface area contributed by atoms with E-state index in [1.165, 1.54) is 5.01 Å². The number of carbonyl (C=O) groups excluding carboxylic acids is 3. The SMILES string of the molecule is CCC/C=C(/CN(O)C=O)C(=O)N1NCC[C@H]1C(=O)Nc1ccccn1. The molecule has 3 amide bonds. The lowest BCUT2D eigenvalue weighted by atomic mass is 10.1. The minimum Gasteiger partial charge on any atom is -0.309 e. The summed E-state index contributed by atoms with van der Waals surface area (Å²) in [4.78, 5) is 40.1. The number of nitrogens with zero attached hydrogens (tertiary/aromatic N) is 3. The van der Waals surface area contributed by atoms with Crippen LogP contribution < -0.4 is 10.7 Å². The van der Waals surface area contributed by atoms with E-state index in [1.54, 1.807) is 30.5 Å². The fraction of sp³-hybridized carbons (Fsp3) is 0.412. The molecule has 0 saturated carbocycles. The van der Waals surface area contributed by atoms with Gasteiger partial charge in [0, 0.05) is 18.3 Å². The summed E-state index contributed by atoms with van der Waals surface area (Å²) in [5.41, 5.74) is 3.14. The van der Waals surface area contributed by atoms with Crippen LogP contribution in [0.1, 0.15) is 26.2 Å². The minimum atomic E-state index is -0.710. The summed E-state index contributed by atoms with van der Waals surface area (Å²) in [6.07, 6.45) is 5.33. The summed E-state index contributed by atoms with van der Waals surface area (Å²) in [5.74, 6) is -0.396. The molecule has 0 aromatic carbocycles. The lowest BCUT2D eigenvalue weighted by molar-refractivity contribution is -0.149. The molecule has 1 aliphatic heterocycles. The molecule has 9 nitrogen and oxygen atoms in total. The predicted octanol–water partition coefficient (Wildman–Crippen LogP) is 0.700. The summed E-state index contributed by atoms with van der Waals surface area (Å²) >= 11 is 0. The number of hydrogen-bond donors (Lipinski definition) is 3. The lowest BCUT2D eigenvalue weighted by Crippen LogP contribution is -2.49. The van der Waals surface area contributed by atoms with E-state index >= 15 is 0 Å². The monoisotopic (exact) mass is 361 g/mol. The normalized spacial score (nSPS) is 17.1. The molecular formula is C17H23N5O4. The molecule has 1 saturated heterocycles. The molecule has 0 unspecified atom stereocenters. The molecule has 1 fully saturated rings. The highest BCUT2D eigenvalue weighted by molar-refractivity contribution is 6.00. The zero-order chi connectivity index (χ0) is 18.9. The van der Waals surface area contributed by atoms with Crippen molar-refractivity contribution in [2.24, 2.45) is 0 Å². The molecule has 2 rings (SSSR count). The molecule has 0 spiro atoms. The van der Waals surface area contributed by atoms with Gasteiger partial charge in [-0.3, -0.25) is 24.6 Å². The average molecular weight is 361 g/mol. The van der Waals surface area contributed by atoms with E-state index in [-0.39, 0.29) is 24.4 Å². The largest absolute Gasteiger partial charge is 0.309 e. The van der Waals surface area contributed by atoms with E-state index in [9.17, 15) is 19.6 Å². The molecule has 3 N–H and O–H groups in total. The molecule has 1 aromatic heterocycles. The maximum atomic E-state index is 12.8. The topological polar surface area (TPSA) is 115 Å². The van der Waals surface area contributed by atoms with E-state index < -0.39 is 11.9 Å². The standard InChI is InChI=1S/C17H23N5O4/c1-2-3-6-13(11-21(26)12-23)17(25)22-14(8-10-19-22)16(24)20-15-7-4-5-9-18-15/h4-7,9,12,14,19,26H,2-3,8,10-11H2,1H3,(H,18,20,24)/b13-6-/t14-/m0/s1. The molecule has 140 valence electrons. The van der Waals surface area contributed by atoms with Crippen LogP contribution in [0.3, 0.4) is 0 Å². The predicted molar refractivity (Wildman–Crippen MR) is 93.7 cm³/mol. The van der Waals surface area contributed by atoms with Gasteiger partial charge in [0.2, 0.25) is 12.3 Å². The third-order valence-electron chi connectivity index (χ3n) is 3.86. The molecule has 1 aliphatic rings. The van der Waals surface area contributed by atoms with Gasteiger partial charge in [-0.05, 0) is 25.0 Å². The van der Waals surface area contributed by atoms with E-state index in [4.69, 9.17) is 0 Å². The van der Waals surface area contributed by atoms with E-state index in [0.717, 1.165) is 6.42 Å². The Kier molecular flexibility index (Phi) is 7.24. The Labute approximate surface area is 151 Å². The maximum absolute atomic E-state index is 12.8. The van der Waals surface area contributed by atoms with Crippen molar-refractivity contribution in [3.05, 3.63) is 36.0 Å². The van der Waals surface area contributed by atoms with Crippen molar-refractivity contribution in [3.8, 4) is 0 Å². The zero-order valence-electron chi connectivity index (χ0n) is 14.6. The van der Waals surface area contributed by atoms with Crippen LogP contribution in [0.4, 0.5) is 5.82 Å². The summed E-state index contributed by atoms with van der Waals surface area (Å²) in [7, 11) is 0. The number of hydroxylamine groups is 2. The molecule has 2 heterocycles. The summed E-state index contributed by atoms with van der Waals surface area (Å²) in [6.45, 7) is 2.17. The van der Waals surface area contributed by atoms with Crippen LogP contribution in [0.2, 0.25) is 0 Å². The number of nitrogens with one attached hydrogen (secondary N) is 2. The van der Waals surface area contributed by atoms with Crippen LogP contribution in [0.15, 0.2) is 36.0 Å². The van der Waals surface area contributed by atoms with Gasteiger partial charge in [0.1, 0.15) is 11.9 Å². The van der Waals surface area contributed by atoms with Gasteiger partial charge < -0.3 is 5.32 Å². The Hall–Kier alpha value is -2.78. The van der Waals surface area contributed by atoms with Crippen molar-refractivity contribution < 1.29 is 19.6 Å². The van der Waals surface area contributed by atoms with Gasteiger partial charge in [0.15, 0.2) is 0 Å². The second kappa shape index (κ2) is 9.64. The molecule has 9 heteroatoms. The number of amides is 3. The van der Waals surface area contributed by atoms with Crippen LogP contribution in [-0.2, 0) is 14.4 Å². The Morgan fingerprint density at radius 2 is 2.31 bits per heavy atom. The second-order valence-corrected chi connectivity index (χ2v) is 5.81. The first-order chi connectivity index (χ1) is 12.6. The highest BCUT2D eigenvalue weighted by atomic mass is 16.5. The molecule has 0 aliphatic carbocycles. The fourth-order valence-electron chi connectivity index (χ4n) is 2.57. The molecule has 0 radical (unpaired) electrons. The zero-order valence-corrected chi connectivity index (χ0v) is 14.6. The van der Waals surface area contributed by atoms with Crippen molar-refractivity contribution >= 4 is 24.0 Å². The summed E-state index contributed by atoms with van der Waals surface area (Å²) in [6, 6.07) is 4.44. The third kappa shape index (κ3) is 5.11. The van der Waals surface area contributed by atoms with Crippen LogP contribution in [0.5, 0.6) is 0 Å². The van der Waals surface area contributed by atoms with Gasteiger partial charge in [0.25, 0.3) is 5.91 Å². The lowest BCUT2D eigenvalue weighted by Gasteiger charge is -2.25. The van der Waals surface area contributed by atoms with Crippen LogP contribution >= 0.6 is 0 Å². The van der Waals surface area contributed by atoms with Gasteiger partial charge in [-0.2, -0.15) is 0 Å². The Balaban J connectivity index is 2.11. The first kappa shape index (κ1) is 19.5. The van der Waals surface area contributed by atoms with Gasteiger partial charge in [-0.25, -0.2) is 15.5 Å². The number of pyridine rings is 1. The fourth-order valence-corrected chi connectivity index (χ4v) is 2.57. The quantitative estimate of drug-likeness (QED) is 0.272. The number of rotatable bonds is 8. The number of aromatic nitrogens is 1. The minimum absolute atomic E-state index is 0.232. The van der Waals surface area contributed by atoms with Crippen LogP contribution in [-0.4, -0.2) is 57.6 Å². The molecular weight excluding hydrogens is 338 g/mol. The van der Waals surface area contributed by atoms with Crippen molar-refractivity contribution in [2.75, 3.05) is 18.4 Å². The highest BCUT2D eigenvalue weighted by Gasteiger charge is 2.35. The van der Waals surface area contributed by atoms with Gasteiger partial charge in [-0.1, -0.05) is 25.5 Å². The van der Waals surface area contributed by atoms with Gasteiger partial charge in [0.05, 0.1) is 6.54 Å². The first-order valence-electron chi connectivity index (χ1n) is 8.45. The molecule has 26 heavy (non-hydrogen) atoms. The van der Waals surface area contributed by atoms with Crippen LogP contribution in [0.25, 0.3) is 0 Å². The molecule has 1 aromatic rings. The molecule has 0 bridgehead atoms. The maximum Gasteiger partial charge on any atom is 0.266 e. The van der Waals surface area contributed by atoms with Crippen molar-refractivity contribution in [2.45, 2.75) is 32.2 Å². The second-order valence-electron chi connectivity index (χ2n) is 5.81. The van der Waals surface area contributed by atoms with Gasteiger partial charge in [-0.15, -0.1) is 0 Å². The van der Waals surface area contributed by atoms with Crippen molar-refractivity contribution in [1.82, 2.24) is 20.5 Å². The molecule has 1 atom stereocenters. The third-order valence-corrected chi connectivity index (χ3v) is 3.86. The Morgan fingerprint density at radius 3 is 2.96 bits per heavy atom. The van der Waals surface area contributed by atoms with E-state index in [0.29, 0.717) is 30.3 Å². The Bertz CT molecular complexity index is 664. The smallest absolute Gasteiger partial charge is 0.266 e. The average Bonchev–Trinajstić information content (AvgIpc) is 3.15. The summed E-state index contributed by atoms with van der Waals surface area (Å²) < 4.78 is 0. The van der Waals surface area contributed by atoms with Crippen molar-refractivity contribution in [1.29, 1.82) is 0 Å². The Morgan fingerprint density at radius 1 is 1.50 bits per heavy atom. The number of allylic oxidation sites excluding steroid dienone is 1. The van der Waals surface area contributed by atoms with E-state index in [2.05, 4.69) is 15.7 Å². The number of carbonyl (C=O) groups is 3. The summed E-state index contributed by atoms with van der Waals surface area (Å²) in [5, 5.41) is 13.8.